The molecule has 108 valence electrons. The van der Waals surface area contributed by atoms with Crippen LogP contribution in [0.3, 0.4) is 0 Å². The molecule has 0 bridgehead atoms. The average Bonchev–Trinajstić information content (AvgIpc) is 3.11. The summed E-state index contributed by atoms with van der Waals surface area (Å²) in [6.07, 6.45) is 5.11. The fourth-order valence-electron chi connectivity index (χ4n) is 3.05. The van der Waals surface area contributed by atoms with Crippen molar-refractivity contribution < 1.29 is 4.79 Å². The summed E-state index contributed by atoms with van der Waals surface area (Å²) in [4.78, 5) is 20.8. The zero-order valence-electron chi connectivity index (χ0n) is 11.2. The molecule has 1 aromatic rings. The molecule has 0 spiro atoms. The van der Waals surface area contributed by atoms with Crippen molar-refractivity contribution in [3.05, 3.63) is 28.0 Å². The number of pyridine rings is 1. The van der Waals surface area contributed by atoms with Crippen molar-refractivity contribution in [2.75, 3.05) is 26.2 Å². The van der Waals surface area contributed by atoms with E-state index in [4.69, 9.17) is 23.2 Å². The van der Waals surface area contributed by atoms with Crippen molar-refractivity contribution in [1.29, 1.82) is 0 Å². The number of hydrogen-bond acceptors (Lipinski definition) is 3. The van der Waals surface area contributed by atoms with Crippen molar-refractivity contribution in [3.8, 4) is 0 Å². The minimum atomic E-state index is -0.00207. The first kappa shape index (κ1) is 14.1. The molecule has 1 aromatic heterocycles. The molecular formula is C14H17Cl2N3O. The van der Waals surface area contributed by atoms with E-state index in [9.17, 15) is 4.79 Å². The fourth-order valence-corrected chi connectivity index (χ4v) is 3.32. The van der Waals surface area contributed by atoms with E-state index in [0.29, 0.717) is 16.6 Å². The Morgan fingerprint density at radius 3 is 2.70 bits per heavy atom. The highest BCUT2D eigenvalue weighted by molar-refractivity contribution is 6.41. The molecule has 3 heterocycles. The number of halogens is 2. The Kier molecular flexibility index (Phi) is 4.15. The molecule has 0 aromatic carbocycles. The lowest BCUT2D eigenvalue weighted by molar-refractivity contribution is 0.0779. The molecule has 1 amide bonds. The second-order valence-electron chi connectivity index (χ2n) is 5.43. The van der Waals surface area contributed by atoms with E-state index in [1.165, 1.54) is 32.1 Å². The summed E-state index contributed by atoms with van der Waals surface area (Å²) in [6, 6.07) is 2.11. The molecule has 0 saturated carbocycles. The van der Waals surface area contributed by atoms with Gasteiger partial charge in [-0.3, -0.25) is 9.69 Å². The van der Waals surface area contributed by atoms with Crippen LogP contribution in [-0.2, 0) is 0 Å². The van der Waals surface area contributed by atoms with Crippen LogP contribution in [0.15, 0.2) is 12.3 Å². The Balaban J connectivity index is 1.67. The fraction of sp³-hybridized carbons (Fsp3) is 0.571. The van der Waals surface area contributed by atoms with Crippen molar-refractivity contribution >= 4 is 29.1 Å². The Bertz CT molecular complexity index is 517. The molecule has 1 atom stereocenters. The van der Waals surface area contributed by atoms with Gasteiger partial charge in [0.25, 0.3) is 5.91 Å². The van der Waals surface area contributed by atoms with Crippen LogP contribution in [0, 0.1) is 0 Å². The molecule has 20 heavy (non-hydrogen) atoms. The van der Waals surface area contributed by atoms with Crippen LogP contribution in [0.4, 0.5) is 0 Å². The van der Waals surface area contributed by atoms with Crippen molar-refractivity contribution in [2.24, 2.45) is 0 Å². The third-order valence-corrected chi connectivity index (χ3v) is 4.84. The van der Waals surface area contributed by atoms with Gasteiger partial charge in [-0.2, -0.15) is 0 Å². The van der Waals surface area contributed by atoms with Gasteiger partial charge in [0.2, 0.25) is 0 Å². The number of nitrogens with zero attached hydrogens (tertiary/aromatic N) is 3. The average molecular weight is 314 g/mol. The summed E-state index contributed by atoms with van der Waals surface area (Å²) in [5, 5.41) is 0.562. The molecule has 1 unspecified atom stereocenters. The second-order valence-corrected chi connectivity index (χ2v) is 6.20. The standard InChI is InChI=1S/C14H17Cl2N3O/c15-12-7-10(8-17-13(12)16)14(20)19-6-3-11(9-19)18-4-1-2-5-18/h7-8,11H,1-6,9H2. The Morgan fingerprint density at radius 1 is 1.25 bits per heavy atom. The maximum atomic E-state index is 12.4. The van der Waals surface area contributed by atoms with Crippen molar-refractivity contribution in [2.45, 2.75) is 25.3 Å². The van der Waals surface area contributed by atoms with Crippen molar-refractivity contribution in [3.63, 3.8) is 0 Å². The third-order valence-electron chi connectivity index (χ3n) is 4.15. The lowest BCUT2D eigenvalue weighted by Gasteiger charge is -2.23. The Labute approximate surface area is 128 Å². The first-order chi connectivity index (χ1) is 9.65. The molecule has 4 nitrogen and oxygen atoms in total. The van der Waals surface area contributed by atoms with Gasteiger partial charge in [-0.25, -0.2) is 4.98 Å². The summed E-state index contributed by atoms with van der Waals surface area (Å²) in [5.41, 5.74) is 0.515. The lowest BCUT2D eigenvalue weighted by Crippen LogP contribution is -2.37. The molecule has 2 aliphatic rings. The van der Waals surface area contributed by atoms with E-state index in [-0.39, 0.29) is 11.1 Å². The quantitative estimate of drug-likeness (QED) is 0.788. The minimum absolute atomic E-state index is 0.00207. The summed E-state index contributed by atoms with van der Waals surface area (Å²) >= 11 is 11.7. The van der Waals surface area contributed by atoms with E-state index >= 15 is 0 Å². The molecule has 0 N–H and O–H groups in total. The van der Waals surface area contributed by atoms with Gasteiger partial charge in [0, 0.05) is 25.3 Å². The summed E-state index contributed by atoms with van der Waals surface area (Å²) in [7, 11) is 0. The third kappa shape index (κ3) is 2.78. The van der Waals surface area contributed by atoms with E-state index in [1.54, 1.807) is 6.07 Å². The molecule has 3 rings (SSSR count). The van der Waals surface area contributed by atoms with Crippen LogP contribution >= 0.6 is 23.2 Å². The lowest BCUT2D eigenvalue weighted by atomic mass is 10.2. The molecule has 0 aliphatic carbocycles. The summed E-state index contributed by atoms with van der Waals surface area (Å²) < 4.78 is 0. The molecule has 6 heteroatoms. The van der Waals surface area contributed by atoms with E-state index in [2.05, 4.69) is 9.88 Å². The van der Waals surface area contributed by atoms with Crippen LogP contribution in [0.5, 0.6) is 0 Å². The van der Waals surface area contributed by atoms with Gasteiger partial charge in [0.1, 0.15) is 5.15 Å². The molecule has 2 fully saturated rings. The topological polar surface area (TPSA) is 36.4 Å². The van der Waals surface area contributed by atoms with E-state index < -0.39 is 0 Å². The zero-order chi connectivity index (χ0) is 14.1. The number of carbonyl (C=O) groups is 1. The van der Waals surface area contributed by atoms with Gasteiger partial charge in [-0.05, 0) is 38.4 Å². The molecule has 2 aliphatic heterocycles. The number of carbonyl (C=O) groups excluding carboxylic acids is 1. The first-order valence-corrected chi connectivity index (χ1v) is 7.75. The second kappa shape index (κ2) is 5.88. The smallest absolute Gasteiger partial charge is 0.255 e. The maximum absolute atomic E-state index is 12.4. The Hall–Kier alpha value is -0.840. The van der Waals surface area contributed by atoms with Crippen LogP contribution < -0.4 is 0 Å². The number of likely N-dealkylation sites (tertiary alicyclic amines) is 2. The van der Waals surface area contributed by atoms with E-state index in [1.807, 2.05) is 4.90 Å². The molecular weight excluding hydrogens is 297 g/mol. The van der Waals surface area contributed by atoms with Gasteiger partial charge >= 0.3 is 0 Å². The number of rotatable bonds is 2. The highest BCUT2D eigenvalue weighted by Crippen LogP contribution is 2.24. The van der Waals surface area contributed by atoms with Crippen LogP contribution in [0.2, 0.25) is 10.2 Å². The van der Waals surface area contributed by atoms with Gasteiger partial charge in [-0.15, -0.1) is 0 Å². The largest absolute Gasteiger partial charge is 0.337 e. The maximum Gasteiger partial charge on any atom is 0.255 e. The van der Waals surface area contributed by atoms with Crippen LogP contribution in [0.1, 0.15) is 29.6 Å². The van der Waals surface area contributed by atoms with Gasteiger partial charge in [-0.1, -0.05) is 23.2 Å². The predicted octanol–water partition coefficient (Wildman–Crippen LogP) is 2.70. The van der Waals surface area contributed by atoms with Crippen molar-refractivity contribution in [1.82, 2.24) is 14.8 Å². The van der Waals surface area contributed by atoms with Gasteiger partial charge in [0.05, 0.1) is 10.6 Å². The number of amides is 1. The molecule has 2 saturated heterocycles. The number of aromatic nitrogens is 1. The first-order valence-electron chi connectivity index (χ1n) is 6.99. The normalized spacial score (nSPS) is 23.5. The minimum Gasteiger partial charge on any atom is -0.337 e. The van der Waals surface area contributed by atoms with E-state index in [0.717, 1.165) is 19.5 Å². The van der Waals surface area contributed by atoms with Gasteiger partial charge in [0.15, 0.2) is 0 Å². The summed E-state index contributed by atoms with van der Waals surface area (Å²) in [5.74, 6) is -0.00207. The van der Waals surface area contributed by atoms with Gasteiger partial charge < -0.3 is 4.90 Å². The number of hydrogen-bond donors (Lipinski definition) is 0. The molecule has 0 radical (unpaired) electrons. The zero-order valence-corrected chi connectivity index (χ0v) is 12.7. The summed E-state index contributed by atoms with van der Waals surface area (Å²) in [6.45, 7) is 3.95. The Morgan fingerprint density at radius 2 is 2.00 bits per heavy atom. The highest BCUT2D eigenvalue weighted by atomic mass is 35.5. The monoisotopic (exact) mass is 313 g/mol. The highest BCUT2D eigenvalue weighted by Gasteiger charge is 2.32. The van der Waals surface area contributed by atoms with Crippen LogP contribution in [0.25, 0.3) is 0 Å². The SMILES string of the molecule is O=C(c1cnc(Cl)c(Cl)c1)N1CCC(N2CCCC2)C1. The van der Waals surface area contributed by atoms with Crippen LogP contribution in [-0.4, -0.2) is 52.9 Å². The predicted molar refractivity (Wildman–Crippen MR) is 79.4 cm³/mol.